The first-order valence-electron chi connectivity index (χ1n) is 6.48. The van der Waals surface area contributed by atoms with E-state index in [2.05, 4.69) is 39.2 Å². The van der Waals surface area contributed by atoms with E-state index < -0.39 is 0 Å². The number of likely N-dealkylation sites (tertiary alicyclic amines) is 1. The third kappa shape index (κ3) is 1.93. The average Bonchev–Trinajstić information content (AvgIpc) is 2.91. The van der Waals surface area contributed by atoms with Crippen LogP contribution in [0.5, 0.6) is 0 Å². The molecular weight excluding hydrogens is 198 g/mol. The highest BCUT2D eigenvalue weighted by Crippen LogP contribution is 2.45. The van der Waals surface area contributed by atoms with Crippen molar-refractivity contribution in [3.63, 3.8) is 0 Å². The van der Waals surface area contributed by atoms with Crippen molar-refractivity contribution in [3.8, 4) is 0 Å². The number of ether oxygens (including phenoxy) is 1. The molecule has 2 aliphatic heterocycles. The van der Waals surface area contributed by atoms with Crippen molar-refractivity contribution >= 4 is 0 Å². The lowest BCUT2D eigenvalue weighted by molar-refractivity contribution is 0.0455. The molecule has 0 spiro atoms. The van der Waals surface area contributed by atoms with Crippen LogP contribution in [0.4, 0.5) is 0 Å². The highest BCUT2D eigenvalue weighted by Gasteiger charge is 2.49. The van der Waals surface area contributed by atoms with Crippen LogP contribution in [0, 0.1) is 0 Å². The quantitative estimate of drug-likeness (QED) is 0.540. The SMILES string of the molecule is C=C1CCN(C(C)(C)C)C1(CC)CC1CO1. The Morgan fingerprint density at radius 1 is 1.50 bits per heavy atom. The summed E-state index contributed by atoms with van der Waals surface area (Å²) in [7, 11) is 0. The molecule has 2 saturated heterocycles. The van der Waals surface area contributed by atoms with Crippen LogP contribution in [0.25, 0.3) is 0 Å². The zero-order chi connectivity index (χ0) is 12.0. The molecule has 0 saturated carbocycles. The topological polar surface area (TPSA) is 15.8 Å². The molecule has 2 heteroatoms. The molecule has 0 aromatic carbocycles. The number of nitrogens with zero attached hydrogens (tertiary/aromatic N) is 1. The van der Waals surface area contributed by atoms with E-state index in [0.717, 1.165) is 32.4 Å². The van der Waals surface area contributed by atoms with Gasteiger partial charge in [-0.25, -0.2) is 0 Å². The Bertz CT molecular complexity index is 288. The van der Waals surface area contributed by atoms with Gasteiger partial charge in [-0.15, -0.1) is 0 Å². The molecule has 2 fully saturated rings. The first-order chi connectivity index (χ1) is 7.40. The molecule has 2 unspecified atom stereocenters. The molecule has 2 nitrogen and oxygen atoms in total. The second-order valence-electron chi connectivity index (χ2n) is 6.22. The van der Waals surface area contributed by atoms with Crippen molar-refractivity contribution in [2.45, 2.75) is 64.1 Å². The summed E-state index contributed by atoms with van der Waals surface area (Å²) in [6.07, 6.45) is 3.93. The van der Waals surface area contributed by atoms with E-state index in [4.69, 9.17) is 4.74 Å². The summed E-state index contributed by atoms with van der Waals surface area (Å²) in [5, 5.41) is 0. The number of hydrogen-bond acceptors (Lipinski definition) is 2. The number of epoxide rings is 1. The molecule has 0 radical (unpaired) electrons. The molecule has 16 heavy (non-hydrogen) atoms. The van der Waals surface area contributed by atoms with Gasteiger partial charge < -0.3 is 4.74 Å². The summed E-state index contributed by atoms with van der Waals surface area (Å²) in [5.41, 5.74) is 1.84. The Balaban J connectivity index is 2.25. The van der Waals surface area contributed by atoms with Crippen LogP contribution in [-0.2, 0) is 4.74 Å². The lowest BCUT2D eigenvalue weighted by Gasteiger charge is -2.46. The first-order valence-corrected chi connectivity index (χ1v) is 6.48. The zero-order valence-corrected chi connectivity index (χ0v) is 11.2. The van der Waals surface area contributed by atoms with Crippen molar-refractivity contribution in [2.75, 3.05) is 13.2 Å². The molecule has 0 amide bonds. The molecular formula is C14H25NO. The van der Waals surface area contributed by atoms with Crippen LogP contribution in [0.15, 0.2) is 12.2 Å². The summed E-state index contributed by atoms with van der Waals surface area (Å²) in [6, 6.07) is 0. The maximum absolute atomic E-state index is 5.44. The van der Waals surface area contributed by atoms with E-state index in [-0.39, 0.29) is 11.1 Å². The van der Waals surface area contributed by atoms with Gasteiger partial charge in [-0.1, -0.05) is 19.1 Å². The Kier molecular flexibility index (Phi) is 2.92. The van der Waals surface area contributed by atoms with Gasteiger partial charge >= 0.3 is 0 Å². The maximum Gasteiger partial charge on any atom is 0.0830 e. The van der Waals surface area contributed by atoms with E-state index in [9.17, 15) is 0 Å². The minimum Gasteiger partial charge on any atom is -0.373 e. The Hall–Kier alpha value is -0.340. The predicted octanol–water partition coefficient (Wildman–Crippen LogP) is 2.98. The van der Waals surface area contributed by atoms with E-state index in [1.807, 2.05) is 0 Å². The van der Waals surface area contributed by atoms with Crippen LogP contribution in [0.3, 0.4) is 0 Å². The van der Waals surface area contributed by atoms with Gasteiger partial charge in [0.15, 0.2) is 0 Å². The van der Waals surface area contributed by atoms with Gasteiger partial charge in [-0.3, -0.25) is 4.90 Å². The fourth-order valence-electron chi connectivity index (χ4n) is 3.26. The normalized spacial score (nSPS) is 35.8. The van der Waals surface area contributed by atoms with E-state index in [1.54, 1.807) is 0 Å². The van der Waals surface area contributed by atoms with Gasteiger partial charge in [-0.05, 0) is 40.0 Å². The lowest BCUT2D eigenvalue weighted by Crippen LogP contribution is -2.54. The van der Waals surface area contributed by atoms with E-state index in [1.165, 1.54) is 5.57 Å². The highest BCUT2D eigenvalue weighted by molar-refractivity contribution is 5.25. The molecule has 2 aliphatic rings. The monoisotopic (exact) mass is 223 g/mol. The molecule has 2 atom stereocenters. The predicted molar refractivity (Wildman–Crippen MR) is 67.6 cm³/mol. The van der Waals surface area contributed by atoms with Crippen molar-refractivity contribution in [3.05, 3.63) is 12.2 Å². The summed E-state index contributed by atoms with van der Waals surface area (Å²) < 4.78 is 5.44. The minimum absolute atomic E-state index is 0.194. The smallest absolute Gasteiger partial charge is 0.0830 e. The van der Waals surface area contributed by atoms with Gasteiger partial charge in [-0.2, -0.15) is 0 Å². The van der Waals surface area contributed by atoms with Gasteiger partial charge in [0, 0.05) is 17.6 Å². The Morgan fingerprint density at radius 2 is 2.12 bits per heavy atom. The van der Waals surface area contributed by atoms with E-state index in [0.29, 0.717) is 6.10 Å². The molecule has 92 valence electrons. The molecule has 2 rings (SSSR count). The summed E-state index contributed by atoms with van der Waals surface area (Å²) in [5.74, 6) is 0. The van der Waals surface area contributed by atoms with Crippen molar-refractivity contribution < 1.29 is 4.74 Å². The fraction of sp³-hybridized carbons (Fsp3) is 0.857. The lowest BCUT2D eigenvalue weighted by atomic mass is 9.82. The second kappa shape index (κ2) is 3.85. The van der Waals surface area contributed by atoms with Crippen LogP contribution in [-0.4, -0.2) is 35.2 Å². The van der Waals surface area contributed by atoms with Crippen LogP contribution >= 0.6 is 0 Å². The molecule has 0 bridgehead atoms. The fourth-order valence-corrected chi connectivity index (χ4v) is 3.26. The molecule has 0 aromatic rings. The molecule has 2 heterocycles. The summed E-state index contributed by atoms with van der Waals surface area (Å²) >= 11 is 0. The van der Waals surface area contributed by atoms with Crippen molar-refractivity contribution in [1.29, 1.82) is 0 Å². The van der Waals surface area contributed by atoms with Crippen LogP contribution in [0.1, 0.15) is 47.0 Å². The molecule has 0 N–H and O–H groups in total. The van der Waals surface area contributed by atoms with Gasteiger partial charge in [0.25, 0.3) is 0 Å². The minimum atomic E-state index is 0.194. The highest BCUT2D eigenvalue weighted by atomic mass is 16.6. The van der Waals surface area contributed by atoms with Crippen molar-refractivity contribution in [2.24, 2.45) is 0 Å². The van der Waals surface area contributed by atoms with Gasteiger partial charge in [0.05, 0.1) is 12.7 Å². The molecule has 0 aromatic heterocycles. The standard InChI is InChI=1S/C14H25NO/c1-6-14(9-12-10-16-12)11(2)7-8-15(14)13(3,4)5/h12H,2,6-10H2,1,3-5H3. The van der Waals surface area contributed by atoms with Crippen LogP contribution in [0.2, 0.25) is 0 Å². The largest absolute Gasteiger partial charge is 0.373 e. The van der Waals surface area contributed by atoms with Crippen molar-refractivity contribution in [1.82, 2.24) is 4.90 Å². The second-order valence-corrected chi connectivity index (χ2v) is 6.22. The maximum atomic E-state index is 5.44. The third-order valence-corrected chi connectivity index (χ3v) is 4.17. The number of hydrogen-bond donors (Lipinski definition) is 0. The summed E-state index contributed by atoms with van der Waals surface area (Å²) in [6.45, 7) is 15.7. The Morgan fingerprint density at radius 3 is 2.56 bits per heavy atom. The average molecular weight is 223 g/mol. The number of rotatable bonds is 3. The van der Waals surface area contributed by atoms with E-state index >= 15 is 0 Å². The first kappa shape index (κ1) is 12.1. The van der Waals surface area contributed by atoms with Gasteiger partial charge in [0.1, 0.15) is 0 Å². The van der Waals surface area contributed by atoms with Gasteiger partial charge in [0.2, 0.25) is 0 Å². The van der Waals surface area contributed by atoms with Crippen LogP contribution < -0.4 is 0 Å². The zero-order valence-electron chi connectivity index (χ0n) is 11.2. The Labute approximate surface area is 99.7 Å². The molecule has 0 aliphatic carbocycles. The summed E-state index contributed by atoms with van der Waals surface area (Å²) in [4.78, 5) is 2.64. The third-order valence-electron chi connectivity index (χ3n) is 4.17.